The minimum absolute atomic E-state index is 0.123. The summed E-state index contributed by atoms with van der Waals surface area (Å²) in [6, 6.07) is 6.62. The molecule has 0 aliphatic rings. The van der Waals surface area contributed by atoms with Gasteiger partial charge in [-0.2, -0.15) is 5.11 Å². The van der Waals surface area contributed by atoms with E-state index in [1.165, 1.54) is 14.0 Å². The summed E-state index contributed by atoms with van der Waals surface area (Å²) in [5.41, 5.74) is 0.416. The minimum Gasteiger partial charge on any atom is -0.510 e. The molecule has 0 aliphatic carbocycles. The van der Waals surface area contributed by atoms with Crippen molar-refractivity contribution in [2.24, 2.45) is 10.2 Å². The zero-order valence-corrected chi connectivity index (χ0v) is 10.2. The Morgan fingerprint density at radius 2 is 1.94 bits per heavy atom. The molecule has 90 valence electrons. The first kappa shape index (κ1) is 13.2. The smallest absolute Gasteiger partial charge is 0.275 e. The summed E-state index contributed by atoms with van der Waals surface area (Å²) in [5, 5.41) is 19.7. The van der Waals surface area contributed by atoms with Crippen molar-refractivity contribution >= 4 is 23.2 Å². The lowest BCUT2D eigenvalue weighted by Gasteiger charge is -2.00. The molecular formula is C11H12ClN3O2. The number of hydrogen-bond donors (Lipinski definition) is 2. The molecule has 0 radical (unpaired) electrons. The summed E-state index contributed by atoms with van der Waals surface area (Å²) in [7, 11) is 1.45. The molecule has 2 N–H and O–H groups in total. The summed E-state index contributed by atoms with van der Waals surface area (Å²) in [5.74, 6) is -0.690. The highest BCUT2D eigenvalue weighted by molar-refractivity contribution is 6.30. The van der Waals surface area contributed by atoms with Crippen molar-refractivity contribution in [2.75, 3.05) is 7.05 Å². The number of aliphatic hydroxyl groups is 1. The molecule has 0 aliphatic heterocycles. The van der Waals surface area contributed by atoms with Gasteiger partial charge >= 0.3 is 0 Å². The van der Waals surface area contributed by atoms with Gasteiger partial charge in [0.25, 0.3) is 5.91 Å². The molecule has 0 spiro atoms. The largest absolute Gasteiger partial charge is 0.510 e. The third-order valence-electron chi connectivity index (χ3n) is 1.88. The van der Waals surface area contributed by atoms with E-state index in [1.807, 2.05) is 0 Å². The van der Waals surface area contributed by atoms with Crippen LogP contribution < -0.4 is 5.32 Å². The molecule has 5 nitrogen and oxygen atoms in total. The molecule has 6 heteroatoms. The molecule has 0 bridgehead atoms. The van der Waals surface area contributed by atoms with Crippen LogP contribution in [0.15, 0.2) is 46.0 Å². The lowest BCUT2D eigenvalue weighted by Crippen LogP contribution is -2.20. The quantitative estimate of drug-likeness (QED) is 0.494. The van der Waals surface area contributed by atoms with Gasteiger partial charge in [-0.15, -0.1) is 5.11 Å². The maximum absolute atomic E-state index is 11.3. The first-order valence-electron chi connectivity index (χ1n) is 4.84. The van der Waals surface area contributed by atoms with E-state index >= 15 is 0 Å². The number of rotatable bonds is 3. The Kier molecular flexibility index (Phi) is 4.66. The Labute approximate surface area is 104 Å². The van der Waals surface area contributed by atoms with E-state index in [9.17, 15) is 9.90 Å². The normalized spacial score (nSPS) is 12.4. The van der Waals surface area contributed by atoms with Crippen LogP contribution in [0.3, 0.4) is 0 Å². The molecule has 0 aromatic heterocycles. The van der Waals surface area contributed by atoms with Crippen LogP contribution >= 0.6 is 11.6 Å². The van der Waals surface area contributed by atoms with E-state index in [2.05, 4.69) is 15.5 Å². The molecule has 1 amide bonds. The zero-order valence-electron chi connectivity index (χ0n) is 9.44. The van der Waals surface area contributed by atoms with Gasteiger partial charge in [0.1, 0.15) is 5.76 Å². The molecule has 0 saturated heterocycles. The summed E-state index contributed by atoms with van der Waals surface area (Å²) in [4.78, 5) is 11.3. The SMILES string of the molecule is CNC(=O)/C(N=Nc1ccc(Cl)cc1)=C(\C)O. The summed E-state index contributed by atoms with van der Waals surface area (Å²) in [6.45, 7) is 1.37. The highest BCUT2D eigenvalue weighted by Crippen LogP contribution is 2.18. The average molecular weight is 254 g/mol. The average Bonchev–Trinajstić information content (AvgIpc) is 2.31. The van der Waals surface area contributed by atoms with Crippen LogP contribution in [0.1, 0.15) is 6.92 Å². The van der Waals surface area contributed by atoms with Gasteiger partial charge in [0.15, 0.2) is 5.70 Å². The van der Waals surface area contributed by atoms with Crippen molar-refractivity contribution < 1.29 is 9.90 Å². The van der Waals surface area contributed by atoms with Crippen LogP contribution in [0.2, 0.25) is 5.02 Å². The molecule has 1 rings (SSSR count). The lowest BCUT2D eigenvalue weighted by atomic mass is 10.3. The van der Waals surface area contributed by atoms with Crippen molar-refractivity contribution in [2.45, 2.75) is 6.92 Å². The van der Waals surface area contributed by atoms with Gasteiger partial charge in [-0.1, -0.05) is 11.6 Å². The minimum atomic E-state index is -0.497. The van der Waals surface area contributed by atoms with E-state index < -0.39 is 5.91 Å². The number of halogens is 1. The second-order valence-electron chi connectivity index (χ2n) is 3.19. The van der Waals surface area contributed by atoms with Gasteiger partial charge in [-0.05, 0) is 31.2 Å². The predicted molar refractivity (Wildman–Crippen MR) is 65.4 cm³/mol. The number of aliphatic hydroxyl groups excluding tert-OH is 1. The van der Waals surface area contributed by atoms with E-state index in [0.29, 0.717) is 10.7 Å². The lowest BCUT2D eigenvalue weighted by molar-refractivity contribution is -0.117. The fourth-order valence-corrected chi connectivity index (χ4v) is 1.14. The number of azo groups is 1. The molecule has 0 atom stereocenters. The number of benzene rings is 1. The Morgan fingerprint density at radius 1 is 1.35 bits per heavy atom. The maximum Gasteiger partial charge on any atom is 0.275 e. The van der Waals surface area contributed by atoms with Crippen molar-refractivity contribution in [1.29, 1.82) is 0 Å². The van der Waals surface area contributed by atoms with Crippen LogP contribution in [0.5, 0.6) is 0 Å². The highest BCUT2D eigenvalue weighted by Gasteiger charge is 2.10. The van der Waals surface area contributed by atoms with Crippen LogP contribution in [0.25, 0.3) is 0 Å². The molecule has 0 unspecified atom stereocenters. The Bertz CT molecular complexity index is 462. The van der Waals surface area contributed by atoms with E-state index in [0.717, 1.165) is 0 Å². The van der Waals surface area contributed by atoms with E-state index in [1.54, 1.807) is 24.3 Å². The van der Waals surface area contributed by atoms with Gasteiger partial charge < -0.3 is 10.4 Å². The number of allylic oxidation sites excluding steroid dienone is 1. The summed E-state index contributed by atoms with van der Waals surface area (Å²) in [6.07, 6.45) is 0. The number of nitrogens with one attached hydrogen (secondary N) is 1. The van der Waals surface area contributed by atoms with Crippen LogP contribution in [0.4, 0.5) is 5.69 Å². The second-order valence-corrected chi connectivity index (χ2v) is 3.63. The van der Waals surface area contributed by atoms with Crippen molar-refractivity contribution in [3.05, 3.63) is 40.7 Å². The van der Waals surface area contributed by atoms with Crippen LogP contribution in [0, 0.1) is 0 Å². The van der Waals surface area contributed by atoms with Crippen LogP contribution in [-0.4, -0.2) is 18.1 Å². The van der Waals surface area contributed by atoms with Crippen molar-refractivity contribution in [3.8, 4) is 0 Å². The number of hydrogen-bond acceptors (Lipinski definition) is 4. The predicted octanol–water partition coefficient (Wildman–Crippen LogP) is 2.96. The first-order chi connectivity index (χ1) is 8.04. The monoisotopic (exact) mass is 253 g/mol. The van der Waals surface area contributed by atoms with Gasteiger partial charge in [-0.25, -0.2) is 0 Å². The molecule has 0 fully saturated rings. The standard InChI is InChI=1S/C11H12ClN3O2/c1-7(16)10(11(17)13-2)15-14-9-5-3-8(12)4-6-9/h3-6,16H,1-2H3,(H,13,17)/b10-7-,15-14?. The maximum atomic E-state index is 11.3. The number of nitrogens with zero attached hydrogens (tertiary/aromatic N) is 2. The molecule has 1 aromatic rings. The molecular weight excluding hydrogens is 242 g/mol. The van der Waals surface area contributed by atoms with Crippen LogP contribution in [-0.2, 0) is 4.79 Å². The third-order valence-corrected chi connectivity index (χ3v) is 2.13. The van der Waals surface area contributed by atoms with Gasteiger partial charge in [-0.3, -0.25) is 4.79 Å². The Morgan fingerprint density at radius 3 is 2.41 bits per heavy atom. The molecule has 17 heavy (non-hydrogen) atoms. The van der Waals surface area contributed by atoms with E-state index in [4.69, 9.17) is 11.6 Å². The number of likely N-dealkylation sites (N-methyl/N-ethyl adjacent to an activating group) is 1. The second kappa shape index (κ2) is 6.00. The number of amides is 1. The zero-order chi connectivity index (χ0) is 12.8. The number of carbonyl (C=O) groups excluding carboxylic acids is 1. The van der Waals surface area contributed by atoms with Crippen molar-refractivity contribution in [3.63, 3.8) is 0 Å². The van der Waals surface area contributed by atoms with Crippen molar-refractivity contribution in [1.82, 2.24) is 5.32 Å². The summed E-state index contributed by atoms with van der Waals surface area (Å²) < 4.78 is 0. The molecule has 1 aromatic carbocycles. The Hall–Kier alpha value is -1.88. The topological polar surface area (TPSA) is 74.0 Å². The summed E-state index contributed by atoms with van der Waals surface area (Å²) >= 11 is 5.71. The fourth-order valence-electron chi connectivity index (χ4n) is 1.02. The fraction of sp³-hybridized carbons (Fsp3) is 0.182. The van der Waals surface area contributed by atoms with Gasteiger partial charge in [0.05, 0.1) is 5.69 Å². The number of carbonyl (C=O) groups is 1. The highest BCUT2D eigenvalue weighted by atomic mass is 35.5. The third kappa shape index (κ3) is 3.88. The van der Waals surface area contributed by atoms with E-state index in [-0.39, 0.29) is 11.5 Å². The van der Waals surface area contributed by atoms with Gasteiger partial charge in [0.2, 0.25) is 0 Å². The first-order valence-corrected chi connectivity index (χ1v) is 5.21. The molecule has 0 heterocycles. The van der Waals surface area contributed by atoms with Gasteiger partial charge in [0, 0.05) is 12.1 Å². The molecule has 0 saturated carbocycles. The Balaban J connectivity index is 2.92.